The van der Waals surface area contributed by atoms with E-state index in [0.717, 1.165) is 32.6 Å². The largest absolute Gasteiger partial charge is 0.248 e. The summed E-state index contributed by atoms with van der Waals surface area (Å²) in [5.41, 5.74) is 1.74. The van der Waals surface area contributed by atoms with Gasteiger partial charge >= 0.3 is 0 Å². The summed E-state index contributed by atoms with van der Waals surface area (Å²) < 4.78 is 0. The second-order valence-corrected chi connectivity index (χ2v) is 6.35. The predicted octanol–water partition coefficient (Wildman–Crippen LogP) is 5.81. The lowest BCUT2D eigenvalue weighted by atomic mass is 10.1. The van der Waals surface area contributed by atoms with Crippen LogP contribution in [0.5, 0.6) is 0 Å². The van der Waals surface area contributed by atoms with Gasteiger partial charge < -0.3 is 0 Å². The first-order chi connectivity index (χ1) is 9.19. The van der Waals surface area contributed by atoms with Crippen molar-refractivity contribution in [3.05, 3.63) is 46.4 Å². The Bertz CT molecular complexity index is 771. The molecule has 0 atom stereocenters. The molecule has 1 nitrogen and oxygen atoms in total. The molecule has 4 heteroatoms. The van der Waals surface area contributed by atoms with Gasteiger partial charge in [0.1, 0.15) is 0 Å². The Balaban J connectivity index is 2.33. The molecule has 19 heavy (non-hydrogen) atoms. The molecule has 0 radical (unpaired) electrons. The third-order valence-corrected chi connectivity index (χ3v) is 4.47. The number of hydrogen-bond donors (Lipinski definition) is 0. The number of hydrogen-bond acceptors (Lipinski definition) is 2. The molecule has 0 aliphatic rings. The minimum absolute atomic E-state index is 0.675. The third-order valence-electron chi connectivity index (χ3n) is 2.95. The van der Waals surface area contributed by atoms with Crippen molar-refractivity contribution in [3.8, 4) is 0 Å². The molecule has 2 aromatic carbocycles. The fraction of sp³-hybridized carbons (Fsp3) is 0.133. The van der Waals surface area contributed by atoms with Gasteiger partial charge in [-0.1, -0.05) is 30.1 Å². The van der Waals surface area contributed by atoms with Crippen LogP contribution in [0.3, 0.4) is 0 Å². The van der Waals surface area contributed by atoms with Gasteiger partial charge in [0.2, 0.25) is 0 Å². The molecule has 0 aliphatic heterocycles. The molecule has 0 N–H and O–H groups in total. The molecule has 0 spiro atoms. The molecule has 0 saturated heterocycles. The second-order valence-electron chi connectivity index (χ2n) is 4.20. The van der Waals surface area contributed by atoms with Crippen LogP contribution < -0.4 is 0 Å². The summed E-state index contributed by atoms with van der Waals surface area (Å²) in [6.45, 7) is 2.14. The zero-order chi connectivity index (χ0) is 13.4. The van der Waals surface area contributed by atoms with E-state index in [9.17, 15) is 0 Å². The van der Waals surface area contributed by atoms with Gasteiger partial charge in [0.15, 0.2) is 0 Å². The first-order valence-electron chi connectivity index (χ1n) is 6.00. The smallest absolute Gasteiger partial charge is 0.0739 e. The summed E-state index contributed by atoms with van der Waals surface area (Å²) >= 11 is 14.3. The van der Waals surface area contributed by atoms with Gasteiger partial charge in [-0.05, 0) is 42.2 Å². The van der Waals surface area contributed by atoms with Crippen LogP contribution in [-0.2, 0) is 0 Å². The lowest BCUT2D eigenvalue weighted by Gasteiger charge is -2.07. The molecule has 1 aromatic heterocycles. The first-order valence-corrected chi connectivity index (χ1v) is 7.74. The average molecular weight is 308 g/mol. The van der Waals surface area contributed by atoms with Crippen molar-refractivity contribution in [3.63, 3.8) is 0 Å². The zero-order valence-electron chi connectivity index (χ0n) is 10.3. The molecule has 0 amide bonds. The molecule has 0 bridgehead atoms. The Hall–Kier alpha value is -0.960. The number of thioether (sulfide) groups is 1. The van der Waals surface area contributed by atoms with Crippen LogP contribution in [0.15, 0.2) is 41.3 Å². The van der Waals surface area contributed by atoms with E-state index in [1.54, 1.807) is 11.8 Å². The highest BCUT2D eigenvalue weighted by molar-refractivity contribution is 7.99. The van der Waals surface area contributed by atoms with Crippen LogP contribution in [0.2, 0.25) is 10.0 Å². The number of aromatic nitrogens is 1. The van der Waals surface area contributed by atoms with Gasteiger partial charge in [0, 0.05) is 20.7 Å². The molecule has 96 valence electrons. The fourth-order valence-electron chi connectivity index (χ4n) is 2.10. The minimum Gasteiger partial charge on any atom is -0.248 e. The van der Waals surface area contributed by atoms with Crippen LogP contribution >= 0.6 is 35.0 Å². The van der Waals surface area contributed by atoms with Crippen LogP contribution in [0.4, 0.5) is 0 Å². The van der Waals surface area contributed by atoms with Crippen molar-refractivity contribution >= 4 is 56.8 Å². The zero-order valence-corrected chi connectivity index (χ0v) is 12.6. The lowest BCUT2D eigenvalue weighted by molar-refractivity contribution is 1.42. The Labute approximate surface area is 125 Å². The van der Waals surface area contributed by atoms with E-state index in [0.29, 0.717) is 5.02 Å². The van der Waals surface area contributed by atoms with Crippen molar-refractivity contribution < 1.29 is 0 Å². The summed E-state index contributed by atoms with van der Waals surface area (Å²) in [7, 11) is 0. The van der Waals surface area contributed by atoms with E-state index < -0.39 is 0 Å². The van der Waals surface area contributed by atoms with Crippen LogP contribution in [0, 0.1) is 0 Å². The van der Waals surface area contributed by atoms with Gasteiger partial charge in [-0.15, -0.1) is 11.8 Å². The van der Waals surface area contributed by atoms with Gasteiger partial charge in [-0.2, -0.15) is 0 Å². The minimum atomic E-state index is 0.675. The standard InChI is InChI=1S/C15H11Cl2NS/c1-2-19-10-4-6-13-12(8-10)15(17)11-5-3-9(16)7-14(11)18-13/h3-8H,2H2,1H3. The maximum Gasteiger partial charge on any atom is 0.0739 e. The molecule has 1 heterocycles. The molecule has 3 aromatic rings. The second kappa shape index (κ2) is 5.20. The molecule has 3 rings (SSSR count). The number of nitrogens with zero attached hydrogens (tertiary/aromatic N) is 1. The topological polar surface area (TPSA) is 12.9 Å². The SMILES string of the molecule is CCSc1ccc2nc3cc(Cl)ccc3c(Cl)c2c1. The van der Waals surface area contributed by atoms with Crippen LogP contribution in [0.1, 0.15) is 6.92 Å². The van der Waals surface area contributed by atoms with Crippen LogP contribution in [0.25, 0.3) is 21.8 Å². The maximum absolute atomic E-state index is 6.51. The van der Waals surface area contributed by atoms with Gasteiger partial charge in [0.25, 0.3) is 0 Å². The van der Waals surface area contributed by atoms with Crippen molar-refractivity contribution in [1.82, 2.24) is 4.98 Å². The maximum atomic E-state index is 6.51. The number of pyridine rings is 1. The average Bonchev–Trinajstić information content (AvgIpc) is 2.40. The number of benzene rings is 2. The van der Waals surface area contributed by atoms with E-state index in [1.807, 2.05) is 24.3 Å². The normalized spacial score (nSPS) is 11.3. The number of fused-ring (bicyclic) bond motifs is 2. The molecular weight excluding hydrogens is 297 g/mol. The number of halogens is 2. The van der Waals surface area contributed by atoms with Crippen LogP contribution in [-0.4, -0.2) is 10.7 Å². The van der Waals surface area contributed by atoms with Crippen molar-refractivity contribution in [2.45, 2.75) is 11.8 Å². The molecule has 0 aliphatic carbocycles. The highest BCUT2D eigenvalue weighted by Gasteiger charge is 2.08. The summed E-state index contributed by atoms with van der Waals surface area (Å²) in [5.74, 6) is 1.04. The van der Waals surface area contributed by atoms with Gasteiger partial charge in [-0.25, -0.2) is 4.98 Å². The quantitative estimate of drug-likeness (QED) is 0.438. The predicted molar refractivity (Wildman–Crippen MR) is 85.7 cm³/mol. The summed E-state index contributed by atoms with van der Waals surface area (Å²) in [4.78, 5) is 5.84. The van der Waals surface area contributed by atoms with E-state index in [-0.39, 0.29) is 0 Å². The van der Waals surface area contributed by atoms with Gasteiger partial charge in [-0.3, -0.25) is 0 Å². The monoisotopic (exact) mass is 307 g/mol. The molecular formula is C15H11Cl2NS. The van der Waals surface area contributed by atoms with Crippen molar-refractivity contribution in [2.24, 2.45) is 0 Å². The Morgan fingerprint density at radius 2 is 1.84 bits per heavy atom. The van der Waals surface area contributed by atoms with E-state index in [2.05, 4.69) is 24.0 Å². The summed E-state index contributed by atoms with van der Waals surface area (Å²) in [6.07, 6.45) is 0. The summed E-state index contributed by atoms with van der Waals surface area (Å²) in [5, 5.41) is 3.36. The van der Waals surface area contributed by atoms with Crippen molar-refractivity contribution in [1.29, 1.82) is 0 Å². The molecule has 0 unspecified atom stereocenters. The highest BCUT2D eigenvalue weighted by Crippen LogP contribution is 2.33. The Kier molecular flexibility index (Phi) is 3.57. The Morgan fingerprint density at radius 1 is 1.00 bits per heavy atom. The van der Waals surface area contributed by atoms with Crippen molar-refractivity contribution in [2.75, 3.05) is 5.75 Å². The fourth-order valence-corrected chi connectivity index (χ4v) is 3.28. The van der Waals surface area contributed by atoms with E-state index in [4.69, 9.17) is 23.2 Å². The first kappa shape index (κ1) is 13.0. The van der Waals surface area contributed by atoms with E-state index in [1.165, 1.54) is 4.90 Å². The lowest BCUT2D eigenvalue weighted by Crippen LogP contribution is -1.86. The van der Waals surface area contributed by atoms with Gasteiger partial charge in [0.05, 0.1) is 16.1 Å². The third kappa shape index (κ3) is 2.40. The van der Waals surface area contributed by atoms with E-state index >= 15 is 0 Å². The summed E-state index contributed by atoms with van der Waals surface area (Å²) in [6, 6.07) is 11.8. The molecule has 0 saturated carbocycles. The highest BCUT2D eigenvalue weighted by atomic mass is 35.5. The Morgan fingerprint density at radius 3 is 2.63 bits per heavy atom. The molecule has 0 fully saturated rings. The number of rotatable bonds is 2.